The Balaban J connectivity index is 0.000000465. The molecule has 1 nitrogen and oxygen atoms in total. The number of rotatable bonds is 4. The molecule has 0 fully saturated rings. The molecule has 0 aliphatic heterocycles. The number of nitrogens with one attached hydrogen (secondary N) is 1. The summed E-state index contributed by atoms with van der Waals surface area (Å²) in [7, 11) is 0. The predicted molar refractivity (Wildman–Crippen MR) is 123 cm³/mol. The Hall–Kier alpha value is -1.19. The third kappa shape index (κ3) is 5.65. The third-order valence-corrected chi connectivity index (χ3v) is 16.3. The molecule has 0 unspecified atom stereocenters. The van der Waals surface area contributed by atoms with Gasteiger partial charge in [0.15, 0.2) is 0 Å². The van der Waals surface area contributed by atoms with E-state index in [1.165, 1.54) is 27.1 Å². The molecule has 1 aromatic carbocycles. The molecule has 27 heavy (non-hydrogen) atoms. The van der Waals surface area contributed by atoms with Crippen LogP contribution in [0.4, 0.5) is 0 Å². The van der Waals surface area contributed by atoms with Gasteiger partial charge in [-0.15, -0.1) is 0 Å². The van der Waals surface area contributed by atoms with Gasteiger partial charge in [0, 0.05) is 0 Å². The zero-order chi connectivity index (χ0) is 20.2. The van der Waals surface area contributed by atoms with Gasteiger partial charge in [-0.1, -0.05) is 24.8 Å². The molecule has 1 aromatic rings. The molecule has 0 radical (unpaired) electrons. The number of hydrogen-bond donors (Lipinski definition) is 1. The fourth-order valence-electron chi connectivity index (χ4n) is 3.44. The van der Waals surface area contributed by atoms with Crippen LogP contribution in [-0.4, -0.2) is 12.2 Å². The molecular weight excluding hydrogens is 378 g/mol. The van der Waals surface area contributed by atoms with E-state index < -0.39 is 24.0 Å². The van der Waals surface area contributed by atoms with Gasteiger partial charge in [0.25, 0.3) is 0 Å². The van der Waals surface area contributed by atoms with Crippen LogP contribution >= 0.6 is 0 Å². The van der Waals surface area contributed by atoms with Crippen LogP contribution in [0.3, 0.4) is 0 Å². The molecule has 3 heteroatoms. The Morgan fingerprint density at radius 2 is 1.85 bits per heavy atom. The maximum atomic E-state index is 4.06. The average Bonchev–Trinajstić information content (AvgIpc) is 3.13. The summed E-state index contributed by atoms with van der Waals surface area (Å²) in [6, 6.07) is 4.80. The van der Waals surface area contributed by atoms with Gasteiger partial charge in [-0.25, -0.2) is 0 Å². The van der Waals surface area contributed by atoms with Crippen LogP contribution in [0.1, 0.15) is 45.7 Å². The minimum atomic E-state index is -1.43. The summed E-state index contributed by atoms with van der Waals surface area (Å²) in [6.07, 6.45) is 14.6. The summed E-state index contributed by atoms with van der Waals surface area (Å²) in [5.74, 6) is 0. The summed E-state index contributed by atoms with van der Waals surface area (Å²) in [4.78, 5) is 0. The SMILES string of the molecule is C=C/C=C/C.CC1=Cc2cc3c(cc2=[C]1[Ti]([NH]C(C)(C)C)[SiH](C)C)C=CC=3. The number of hydrogen-bond acceptors (Lipinski definition) is 1. The van der Waals surface area contributed by atoms with Gasteiger partial charge in [-0.05, 0) is 6.92 Å². The fourth-order valence-corrected chi connectivity index (χ4v) is 14.8. The monoisotopic (exact) mass is 412 g/mol. The Morgan fingerprint density at radius 1 is 1.15 bits per heavy atom. The summed E-state index contributed by atoms with van der Waals surface area (Å²) >= 11 is -1.43. The van der Waals surface area contributed by atoms with Gasteiger partial charge in [0.1, 0.15) is 0 Å². The summed E-state index contributed by atoms with van der Waals surface area (Å²) < 4.78 is 5.76. The van der Waals surface area contributed by atoms with Crippen LogP contribution in [0.5, 0.6) is 0 Å². The van der Waals surface area contributed by atoms with E-state index in [0.29, 0.717) is 0 Å². The normalized spacial score (nSPS) is 14.5. The topological polar surface area (TPSA) is 12.0 Å². The van der Waals surface area contributed by atoms with E-state index >= 15 is 0 Å². The number of allylic oxidation sites excluding steroid dienone is 5. The molecule has 0 amide bonds. The van der Waals surface area contributed by atoms with E-state index in [4.69, 9.17) is 0 Å². The van der Waals surface area contributed by atoms with Crippen molar-refractivity contribution in [2.24, 2.45) is 0 Å². The second-order valence-electron chi connectivity index (χ2n) is 8.50. The quantitative estimate of drug-likeness (QED) is 0.560. The average molecular weight is 412 g/mol. The molecule has 143 valence electrons. The zero-order valence-electron chi connectivity index (χ0n) is 18.0. The van der Waals surface area contributed by atoms with Gasteiger partial charge in [0.05, 0.1) is 0 Å². The van der Waals surface area contributed by atoms with Crippen LogP contribution < -0.4 is 14.2 Å². The summed E-state index contributed by atoms with van der Waals surface area (Å²) in [5.41, 5.74) is 4.54. The van der Waals surface area contributed by atoms with Gasteiger partial charge >= 0.3 is 142 Å². The van der Waals surface area contributed by atoms with Crippen molar-refractivity contribution >= 4 is 28.8 Å². The van der Waals surface area contributed by atoms with Crippen molar-refractivity contribution in [2.75, 3.05) is 0 Å². The van der Waals surface area contributed by atoms with E-state index in [-0.39, 0.29) is 5.54 Å². The van der Waals surface area contributed by atoms with Crippen LogP contribution in [-0.2, 0) is 17.4 Å². The molecule has 2 aliphatic carbocycles. The first-order chi connectivity index (χ1) is 12.7. The first-order valence-electron chi connectivity index (χ1n) is 9.82. The molecule has 0 atom stereocenters. The molecule has 0 aromatic heterocycles. The standard InChI is InChI=1S/C13H9.C5H8.C4H10N.C2H7Si.Ti/c1-9-5-12-7-10-3-2-4-11(10)8-13(12)6-9;1-3-5-4-2;1-4(2,3)5;1-3-2;/h2-5,7-8H,1H3;3-5H,1H2,2H3;5H,1-3H3;3H,1-2H3;/q;;-1;;+1/b;5-4+;;;. The van der Waals surface area contributed by atoms with Crippen LogP contribution in [0, 0.1) is 0 Å². The third-order valence-electron chi connectivity index (χ3n) is 4.53. The van der Waals surface area contributed by atoms with E-state index in [1.54, 1.807) is 9.95 Å². The van der Waals surface area contributed by atoms with E-state index in [2.05, 4.69) is 87.6 Å². The summed E-state index contributed by atoms with van der Waals surface area (Å²) in [6.45, 7) is 19.0. The van der Waals surface area contributed by atoms with Gasteiger partial charge in [0.2, 0.25) is 0 Å². The van der Waals surface area contributed by atoms with Crippen molar-refractivity contribution in [2.45, 2.75) is 53.3 Å². The molecule has 0 heterocycles. The molecular formula is C24H34NSiTi. The van der Waals surface area contributed by atoms with Crippen molar-refractivity contribution in [1.82, 2.24) is 3.80 Å². The van der Waals surface area contributed by atoms with Gasteiger partial charge < -0.3 is 0 Å². The first-order valence-corrected chi connectivity index (χ1v) is 17.0. The van der Waals surface area contributed by atoms with Crippen LogP contribution in [0.15, 0.2) is 48.6 Å². The molecule has 2 aliphatic rings. The van der Waals surface area contributed by atoms with Crippen molar-refractivity contribution in [1.29, 1.82) is 0 Å². The Morgan fingerprint density at radius 3 is 2.37 bits per heavy atom. The molecule has 1 N–H and O–H groups in total. The fraction of sp³-hybridized carbons (Fsp3) is 0.333. The molecule has 0 spiro atoms. The maximum absolute atomic E-state index is 4.06. The van der Waals surface area contributed by atoms with Gasteiger partial charge in [-0.3, -0.25) is 0 Å². The Kier molecular flexibility index (Phi) is 7.65. The second kappa shape index (κ2) is 9.34. The first kappa shape index (κ1) is 22.1. The minimum absolute atomic E-state index is 0.215. The van der Waals surface area contributed by atoms with Crippen molar-refractivity contribution in [3.8, 4) is 0 Å². The molecule has 0 saturated carbocycles. The van der Waals surface area contributed by atoms with Crippen molar-refractivity contribution in [3.05, 3.63) is 70.2 Å². The molecule has 0 saturated heterocycles. The van der Waals surface area contributed by atoms with Crippen molar-refractivity contribution in [3.63, 3.8) is 0 Å². The predicted octanol–water partition coefficient (Wildman–Crippen LogP) is 4.67. The summed E-state index contributed by atoms with van der Waals surface area (Å²) in [5, 5.41) is 2.89. The molecule has 3 rings (SSSR count). The number of fused-ring (bicyclic) bond motifs is 2. The van der Waals surface area contributed by atoms with E-state index in [0.717, 1.165) is 0 Å². The van der Waals surface area contributed by atoms with Crippen LogP contribution in [0.2, 0.25) is 13.1 Å². The number of benzene rings is 1. The van der Waals surface area contributed by atoms with Crippen molar-refractivity contribution < 1.29 is 17.4 Å². The zero-order valence-corrected chi connectivity index (χ0v) is 20.7. The van der Waals surface area contributed by atoms with Crippen LogP contribution in [0.25, 0.3) is 22.1 Å². The Labute approximate surface area is 172 Å². The molecule has 0 bridgehead atoms. The van der Waals surface area contributed by atoms with E-state index in [1.807, 2.05) is 19.1 Å². The van der Waals surface area contributed by atoms with E-state index in [9.17, 15) is 0 Å². The second-order valence-corrected chi connectivity index (χ2v) is 21.1. The van der Waals surface area contributed by atoms with Gasteiger partial charge in [-0.2, -0.15) is 0 Å². The Bertz CT molecular complexity index is 911.